The topological polar surface area (TPSA) is 48.1 Å². The quantitative estimate of drug-likeness (QED) is 0.888. The Morgan fingerprint density at radius 1 is 1.41 bits per heavy atom. The van der Waals surface area contributed by atoms with Gasteiger partial charge in [-0.1, -0.05) is 12.8 Å². The van der Waals surface area contributed by atoms with E-state index in [4.69, 9.17) is 10.5 Å². The van der Waals surface area contributed by atoms with Crippen LogP contribution in [0.3, 0.4) is 0 Å². The van der Waals surface area contributed by atoms with Gasteiger partial charge in [-0.25, -0.2) is 4.98 Å². The Kier molecular flexibility index (Phi) is 3.13. The van der Waals surface area contributed by atoms with Crippen LogP contribution in [0.15, 0.2) is 12.3 Å². The maximum atomic E-state index is 12.4. The second-order valence-corrected chi connectivity index (χ2v) is 4.19. The van der Waals surface area contributed by atoms with Crippen LogP contribution in [0.4, 0.5) is 18.9 Å². The molecule has 0 radical (unpaired) electrons. The molecule has 2 rings (SSSR count). The smallest absolute Gasteiger partial charge is 0.433 e. The van der Waals surface area contributed by atoms with E-state index in [2.05, 4.69) is 4.98 Å². The van der Waals surface area contributed by atoms with Crippen LogP contribution in [-0.2, 0) is 6.18 Å². The molecule has 2 N–H and O–H groups in total. The molecule has 0 aromatic carbocycles. The Morgan fingerprint density at radius 2 is 2.12 bits per heavy atom. The van der Waals surface area contributed by atoms with Gasteiger partial charge < -0.3 is 10.5 Å². The van der Waals surface area contributed by atoms with Crippen molar-refractivity contribution >= 4 is 5.69 Å². The molecule has 1 aromatic heterocycles. The van der Waals surface area contributed by atoms with Gasteiger partial charge in [-0.15, -0.1) is 0 Å². The molecule has 0 amide bonds. The summed E-state index contributed by atoms with van der Waals surface area (Å²) in [5, 5.41) is 0. The highest BCUT2D eigenvalue weighted by molar-refractivity contribution is 5.51. The summed E-state index contributed by atoms with van der Waals surface area (Å²) in [4.78, 5) is 3.24. The molecule has 3 nitrogen and oxygen atoms in total. The summed E-state index contributed by atoms with van der Waals surface area (Å²) in [6.45, 7) is 0.399. The molecule has 1 saturated carbocycles. The van der Waals surface area contributed by atoms with Crippen molar-refractivity contribution in [3.8, 4) is 5.75 Å². The Hall–Kier alpha value is -1.46. The Morgan fingerprint density at radius 3 is 2.71 bits per heavy atom. The van der Waals surface area contributed by atoms with Gasteiger partial charge in [0.15, 0.2) is 0 Å². The number of nitrogens with zero attached hydrogens (tertiary/aromatic N) is 1. The van der Waals surface area contributed by atoms with E-state index in [9.17, 15) is 13.2 Å². The van der Waals surface area contributed by atoms with Crippen LogP contribution in [-0.4, -0.2) is 11.6 Å². The Labute approximate surface area is 96.8 Å². The van der Waals surface area contributed by atoms with Crippen molar-refractivity contribution in [2.45, 2.75) is 25.4 Å². The standard InChI is InChI=1S/C11H13F3N2O/c12-11(13,14)10-5-9(8(15)6-16-10)17-4-3-7-1-2-7/h5-7H,1-4,15H2. The lowest BCUT2D eigenvalue weighted by Crippen LogP contribution is -2.10. The molecule has 94 valence electrons. The van der Waals surface area contributed by atoms with Crippen LogP contribution < -0.4 is 10.5 Å². The van der Waals surface area contributed by atoms with Crippen LogP contribution in [0.2, 0.25) is 0 Å². The summed E-state index contributed by atoms with van der Waals surface area (Å²) in [5.41, 5.74) is 4.66. The maximum absolute atomic E-state index is 12.4. The van der Waals surface area contributed by atoms with E-state index >= 15 is 0 Å². The number of hydrogen-bond acceptors (Lipinski definition) is 3. The maximum Gasteiger partial charge on any atom is 0.433 e. The number of nitrogens with two attached hydrogens (primary N) is 1. The van der Waals surface area contributed by atoms with Crippen LogP contribution >= 0.6 is 0 Å². The second-order valence-electron chi connectivity index (χ2n) is 4.19. The average Bonchev–Trinajstić information content (AvgIpc) is 3.03. The number of aromatic nitrogens is 1. The molecule has 0 unspecified atom stereocenters. The van der Waals surface area contributed by atoms with Crippen molar-refractivity contribution in [3.63, 3.8) is 0 Å². The van der Waals surface area contributed by atoms with Gasteiger partial charge in [0.2, 0.25) is 0 Å². The normalized spacial score (nSPS) is 15.9. The van der Waals surface area contributed by atoms with E-state index in [-0.39, 0.29) is 11.4 Å². The fraction of sp³-hybridized carbons (Fsp3) is 0.545. The Bertz CT molecular complexity index is 402. The van der Waals surface area contributed by atoms with Crippen LogP contribution in [0.1, 0.15) is 25.0 Å². The monoisotopic (exact) mass is 246 g/mol. The number of hydrogen-bond donors (Lipinski definition) is 1. The molecule has 0 saturated heterocycles. The zero-order valence-corrected chi connectivity index (χ0v) is 9.13. The third kappa shape index (κ3) is 3.25. The van der Waals surface area contributed by atoms with E-state index in [1.807, 2.05) is 0 Å². The van der Waals surface area contributed by atoms with Gasteiger partial charge in [0.25, 0.3) is 0 Å². The first-order valence-electron chi connectivity index (χ1n) is 5.42. The van der Waals surface area contributed by atoms with Crippen LogP contribution in [0, 0.1) is 5.92 Å². The molecule has 1 aliphatic carbocycles. The van der Waals surface area contributed by atoms with E-state index in [1.54, 1.807) is 0 Å². The molecule has 1 heterocycles. The zero-order valence-electron chi connectivity index (χ0n) is 9.13. The zero-order chi connectivity index (χ0) is 12.5. The van der Waals surface area contributed by atoms with Gasteiger partial charge in [-0.2, -0.15) is 13.2 Å². The van der Waals surface area contributed by atoms with E-state index < -0.39 is 11.9 Å². The predicted octanol–water partition coefficient (Wildman–Crippen LogP) is 2.86. The van der Waals surface area contributed by atoms with Gasteiger partial charge in [0, 0.05) is 6.07 Å². The van der Waals surface area contributed by atoms with Crippen molar-refractivity contribution in [3.05, 3.63) is 18.0 Å². The highest BCUT2D eigenvalue weighted by atomic mass is 19.4. The first kappa shape index (κ1) is 12.0. The fourth-order valence-corrected chi connectivity index (χ4v) is 1.47. The highest BCUT2D eigenvalue weighted by Crippen LogP contribution is 2.34. The molecular weight excluding hydrogens is 233 g/mol. The van der Waals surface area contributed by atoms with E-state index in [0.29, 0.717) is 12.5 Å². The molecule has 17 heavy (non-hydrogen) atoms. The largest absolute Gasteiger partial charge is 0.491 e. The number of pyridine rings is 1. The van der Waals surface area contributed by atoms with Crippen molar-refractivity contribution in [2.24, 2.45) is 5.92 Å². The summed E-state index contributed by atoms with van der Waals surface area (Å²) in [6, 6.07) is 0.849. The van der Waals surface area contributed by atoms with Gasteiger partial charge >= 0.3 is 6.18 Å². The van der Waals surface area contributed by atoms with Crippen LogP contribution in [0.25, 0.3) is 0 Å². The summed E-state index contributed by atoms with van der Waals surface area (Å²) in [7, 11) is 0. The minimum absolute atomic E-state index is 0.0629. The SMILES string of the molecule is Nc1cnc(C(F)(F)F)cc1OCCC1CC1. The lowest BCUT2D eigenvalue weighted by atomic mass is 10.3. The number of anilines is 1. The van der Waals surface area contributed by atoms with Gasteiger partial charge in [-0.3, -0.25) is 0 Å². The second kappa shape index (κ2) is 4.43. The molecule has 1 fully saturated rings. The van der Waals surface area contributed by atoms with Gasteiger partial charge in [0.05, 0.1) is 18.5 Å². The molecule has 0 atom stereocenters. The van der Waals surface area contributed by atoms with Crippen molar-refractivity contribution in [1.29, 1.82) is 0 Å². The minimum atomic E-state index is -4.47. The third-order valence-corrected chi connectivity index (χ3v) is 2.67. The van der Waals surface area contributed by atoms with Gasteiger partial charge in [0.1, 0.15) is 11.4 Å². The number of alkyl halides is 3. The lowest BCUT2D eigenvalue weighted by Gasteiger charge is -2.11. The fourth-order valence-electron chi connectivity index (χ4n) is 1.47. The number of ether oxygens (including phenoxy) is 1. The highest BCUT2D eigenvalue weighted by Gasteiger charge is 2.33. The number of nitrogen functional groups attached to an aromatic ring is 1. The number of rotatable bonds is 4. The van der Waals surface area contributed by atoms with E-state index in [0.717, 1.165) is 18.7 Å². The summed E-state index contributed by atoms with van der Waals surface area (Å²) < 4.78 is 42.5. The Balaban J connectivity index is 2.03. The number of halogens is 3. The molecule has 0 spiro atoms. The molecule has 0 aliphatic heterocycles. The molecule has 6 heteroatoms. The molecular formula is C11H13F3N2O. The average molecular weight is 246 g/mol. The molecule has 0 bridgehead atoms. The summed E-state index contributed by atoms with van der Waals surface area (Å²) in [6.07, 6.45) is -0.257. The third-order valence-electron chi connectivity index (χ3n) is 2.67. The lowest BCUT2D eigenvalue weighted by molar-refractivity contribution is -0.141. The van der Waals surface area contributed by atoms with Gasteiger partial charge in [-0.05, 0) is 12.3 Å². The first-order chi connectivity index (χ1) is 7.97. The van der Waals surface area contributed by atoms with Crippen molar-refractivity contribution < 1.29 is 17.9 Å². The van der Waals surface area contributed by atoms with E-state index in [1.165, 1.54) is 12.8 Å². The van der Waals surface area contributed by atoms with Crippen molar-refractivity contribution in [2.75, 3.05) is 12.3 Å². The summed E-state index contributed by atoms with van der Waals surface area (Å²) >= 11 is 0. The predicted molar refractivity (Wildman–Crippen MR) is 56.5 cm³/mol. The van der Waals surface area contributed by atoms with Crippen LogP contribution in [0.5, 0.6) is 5.75 Å². The summed E-state index contributed by atoms with van der Waals surface area (Å²) in [5.74, 6) is 0.730. The first-order valence-corrected chi connectivity index (χ1v) is 5.42. The molecule has 1 aliphatic rings. The minimum Gasteiger partial charge on any atom is -0.491 e. The molecule has 1 aromatic rings. The van der Waals surface area contributed by atoms with Crippen molar-refractivity contribution in [1.82, 2.24) is 4.98 Å².